The minimum Gasteiger partial charge on any atom is -0.466 e. The summed E-state index contributed by atoms with van der Waals surface area (Å²) in [5, 5.41) is 0. The van der Waals surface area contributed by atoms with Crippen molar-refractivity contribution < 1.29 is 9.53 Å². The van der Waals surface area contributed by atoms with Crippen molar-refractivity contribution in [1.82, 2.24) is 0 Å². The lowest BCUT2D eigenvalue weighted by Crippen LogP contribution is -2.02. The smallest absolute Gasteiger partial charge is 0.302 e. The molecular weight excluding hydrogens is 152 g/mol. The van der Waals surface area contributed by atoms with Gasteiger partial charge in [0.2, 0.25) is 0 Å². The van der Waals surface area contributed by atoms with Gasteiger partial charge in [-0.1, -0.05) is 24.3 Å². The Labute approximate surface area is 72.2 Å². The lowest BCUT2D eigenvalue weighted by atomic mass is 10.2. The second-order valence-corrected chi connectivity index (χ2v) is 2.50. The molecule has 0 aromatic heterocycles. The summed E-state index contributed by atoms with van der Waals surface area (Å²) in [6.45, 7) is 1.87. The van der Waals surface area contributed by atoms with Gasteiger partial charge in [0.25, 0.3) is 0 Å². The lowest BCUT2D eigenvalue weighted by Gasteiger charge is -2.00. The van der Waals surface area contributed by atoms with E-state index in [0.717, 1.165) is 12.0 Å². The molecule has 0 fully saturated rings. The average molecular weight is 163 g/mol. The van der Waals surface area contributed by atoms with Crippen molar-refractivity contribution in [2.24, 2.45) is 0 Å². The van der Waals surface area contributed by atoms with Crippen molar-refractivity contribution in [2.75, 3.05) is 6.61 Å². The molecule has 1 rings (SSSR count). The average Bonchev–Trinajstić information content (AvgIpc) is 2.05. The third-order valence-corrected chi connectivity index (χ3v) is 1.47. The summed E-state index contributed by atoms with van der Waals surface area (Å²) >= 11 is 0. The fourth-order valence-electron chi connectivity index (χ4n) is 0.899. The summed E-state index contributed by atoms with van der Waals surface area (Å²) in [7, 11) is 0. The Balaban J connectivity index is 2.29. The fourth-order valence-corrected chi connectivity index (χ4v) is 0.899. The number of carbonyl (C=O) groups is 1. The second-order valence-electron chi connectivity index (χ2n) is 2.50. The van der Waals surface area contributed by atoms with Gasteiger partial charge in [-0.05, 0) is 11.6 Å². The van der Waals surface area contributed by atoms with E-state index in [1.165, 1.54) is 6.92 Å². The standard InChI is InChI=1S/C10H11O2/c1-9(11)12-8-7-10-5-3-2-4-6-10/h2-3,5-6H,7-8H2,1H3. The topological polar surface area (TPSA) is 26.3 Å². The maximum absolute atomic E-state index is 10.4. The van der Waals surface area contributed by atoms with Crippen LogP contribution in [-0.4, -0.2) is 12.6 Å². The van der Waals surface area contributed by atoms with E-state index in [0.29, 0.717) is 6.61 Å². The first-order valence-electron chi connectivity index (χ1n) is 3.87. The van der Waals surface area contributed by atoms with Crippen molar-refractivity contribution in [2.45, 2.75) is 13.3 Å². The Hall–Kier alpha value is -1.31. The molecule has 0 N–H and O–H groups in total. The van der Waals surface area contributed by atoms with E-state index in [1.807, 2.05) is 24.3 Å². The lowest BCUT2D eigenvalue weighted by molar-refractivity contribution is -0.140. The Bertz CT molecular complexity index is 241. The zero-order chi connectivity index (χ0) is 8.81. The second kappa shape index (κ2) is 4.54. The van der Waals surface area contributed by atoms with Gasteiger partial charge < -0.3 is 4.74 Å². The molecule has 0 bridgehead atoms. The number of hydrogen-bond donors (Lipinski definition) is 0. The van der Waals surface area contributed by atoms with Gasteiger partial charge in [0, 0.05) is 13.3 Å². The number of rotatable bonds is 3. The van der Waals surface area contributed by atoms with E-state index >= 15 is 0 Å². The number of benzene rings is 1. The number of carbonyl (C=O) groups excluding carboxylic acids is 1. The van der Waals surface area contributed by atoms with Crippen LogP contribution in [0, 0.1) is 6.07 Å². The fraction of sp³-hybridized carbons (Fsp3) is 0.300. The van der Waals surface area contributed by atoms with Gasteiger partial charge in [0.15, 0.2) is 0 Å². The van der Waals surface area contributed by atoms with Crippen LogP contribution < -0.4 is 0 Å². The summed E-state index contributed by atoms with van der Waals surface area (Å²) in [5.41, 5.74) is 1.14. The third kappa shape index (κ3) is 3.19. The Kier molecular flexibility index (Phi) is 3.33. The van der Waals surface area contributed by atoms with Crippen LogP contribution in [0.1, 0.15) is 12.5 Å². The highest BCUT2D eigenvalue weighted by atomic mass is 16.5. The molecule has 1 radical (unpaired) electrons. The van der Waals surface area contributed by atoms with Crippen LogP contribution in [0.4, 0.5) is 0 Å². The van der Waals surface area contributed by atoms with E-state index in [1.54, 1.807) is 0 Å². The van der Waals surface area contributed by atoms with Crippen molar-refractivity contribution in [3.63, 3.8) is 0 Å². The Morgan fingerprint density at radius 2 is 2.50 bits per heavy atom. The number of hydrogen-bond acceptors (Lipinski definition) is 2. The first kappa shape index (κ1) is 8.78. The van der Waals surface area contributed by atoms with E-state index in [2.05, 4.69) is 6.07 Å². The SMILES string of the molecule is CC(=O)OCCc1c[c]ccc1. The Morgan fingerprint density at radius 3 is 3.08 bits per heavy atom. The molecule has 2 nitrogen and oxygen atoms in total. The van der Waals surface area contributed by atoms with Gasteiger partial charge in [-0.2, -0.15) is 0 Å². The molecule has 0 aliphatic heterocycles. The van der Waals surface area contributed by atoms with Crippen LogP contribution in [0.15, 0.2) is 24.3 Å². The molecule has 0 amide bonds. The Morgan fingerprint density at radius 1 is 1.67 bits per heavy atom. The minimum atomic E-state index is -0.227. The van der Waals surface area contributed by atoms with Crippen LogP contribution >= 0.6 is 0 Å². The molecule has 2 heteroatoms. The predicted octanol–water partition coefficient (Wildman–Crippen LogP) is 1.59. The molecule has 0 heterocycles. The summed E-state index contributed by atoms with van der Waals surface area (Å²) in [6.07, 6.45) is 0.761. The maximum Gasteiger partial charge on any atom is 0.302 e. The molecular formula is C10H11O2. The molecule has 0 unspecified atom stereocenters. The van der Waals surface area contributed by atoms with Gasteiger partial charge in [-0.15, -0.1) is 0 Å². The monoisotopic (exact) mass is 163 g/mol. The van der Waals surface area contributed by atoms with Gasteiger partial charge in [-0.3, -0.25) is 4.79 Å². The molecule has 63 valence electrons. The van der Waals surface area contributed by atoms with Crippen LogP contribution in [0.2, 0.25) is 0 Å². The third-order valence-electron chi connectivity index (χ3n) is 1.47. The largest absolute Gasteiger partial charge is 0.466 e. The zero-order valence-corrected chi connectivity index (χ0v) is 7.04. The molecule has 12 heavy (non-hydrogen) atoms. The van der Waals surface area contributed by atoms with Gasteiger partial charge in [-0.25, -0.2) is 0 Å². The highest BCUT2D eigenvalue weighted by molar-refractivity contribution is 5.65. The predicted molar refractivity (Wildman–Crippen MR) is 45.6 cm³/mol. The number of esters is 1. The molecule has 1 aromatic rings. The van der Waals surface area contributed by atoms with E-state index in [4.69, 9.17) is 4.74 Å². The molecule has 0 atom stereocenters. The summed E-state index contributed by atoms with van der Waals surface area (Å²) in [5.74, 6) is -0.227. The van der Waals surface area contributed by atoms with Crippen LogP contribution in [-0.2, 0) is 16.0 Å². The van der Waals surface area contributed by atoms with E-state index in [9.17, 15) is 4.79 Å². The van der Waals surface area contributed by atoms with Gasteiger partial charge in [0.1, 0.15) is 0 Å². The van der Waals surface area contributed by atoms with Crippen LogP contribution in [0.5, 0.6) is 0 Å². The van der Waals surface area contributed by atoms with Crippen LogP contribution in [0.3, 0.4) is 0 Å². The highest BCUT2D eigenvalue weighted by Gasteiger charge is 1.93. The normalized spacial score (nSPS) is 9.42. The summed E-state index contributed by atoms with van der Waals surface area (Å²) < 4.78 is 4.79. The van der Waals surface area contributed by atoms with E-state index < -0.39 is 0 Å². The molecule has 0 aliphatic carbocycles. The zero-order valence-electron chi connectivity index (χ0n) is 7.04. The first-order chi connectivity index (χ1) is 5.79. The quantitative estimate of drug-likeness (QED) is 0.632. The van der Waals surface area contributed by atoms with Gasteiger partial charge >= 0.3 is 5.97 Å². The maximum atomic E-state index is 10.4. The highest BCUT2D eigenvalue weighted by Crippen LogP contribution is 1.98. The van der Waals surface area contributed by atoms with Crippen molar-refractivity contribution in [3.05, 3.63) is 35.9 Å². The molecule has 1 aromatic carbocycles. The van der Waals surface area contributed by atoms with E-state index in [-0.39, 0.29) is 5.97 Å². The van der Waals surface area contributed by atoms with Crippen LogP contribution in [0.25, 0.3) is 0 Å². The van der Waals surface area contributed by atoms with Crippen molar-refractivity contribution in [1.29, 1.82) is 0 Å². The number of ether oxygens (including phenoxy) is 1. The van der Waals surface area contributed by atoms with Crippen molar-refractivity contribution >= 4 is 5.97 Å². The molecule has 0 saturated heterocycles. The molecule has 0 saturated carbocycles. The summed E-state index contributed by atoms with van der Waals surface area (Å²) in [4.78, 5) is 10.4. The molecule has 0 aliphatic rings. The van der Waals surface area contributed by atoms with Crippen molar-refractivity contribution in [3.8, 4) is 0 Å². The first-order valence-corrected chi connectivity index (χ1v) is 3.87. The minimum absolute atomic E-state index is 0.227. The molecule has 0 spiro atoms. The van der Waals surface area contributed by atoms with Gasteiger partial charge in [0.05, 0.1) is 6.61 Å². The summed E-state index contributed by atoms with van der Waals surface area (Å²) in [6, 6.07) is 10.6.